The van der Waals surface area contributed by atoms with Gasteiger partial charge in [0.05, 0.1) is 11.6 Å². The van der Waals surface area contributed by atoms with Gasteiger partial charge < -0.3 is 9.42 Å². The first kappa shape index (κ1) is 16.2. The zero-order valence-electron chi connectivity index (χ0n) is 13.7. The van der Waals surface area contributed by atoms with E-state index in [-0.39, 0.29) is 11.8 Å². The average molecular weight is 377 g/mol. The number of amides is 1. The van der Waals surface area contributed by atoms with E-state index in [1.54, 1.807) is 0 Å². The molecule has 1 aliphatic rings. The third-order valence-corrected chi connectivity index (χ3v) is 4.90. The molecule has 1 amide bonds. The van der Waals surface area contributed by atoms with Crippen LogP contribution in [-0.2, 0) is 11.3 Å². The highest BCUT2D eigenvalue weighted by molar-refractivity contribution is 9.10. The van der Waals surface area contributed by atoms with Crippen molar-refractivity contribution in [1.29, 1.82) is 0 Å². The summed E-state index contributed by atoms with van der Waals surface area (Å²) in [6.45, 7) is 6.36. The van der Waals surface area contributed by atoms with Gasteiger partial charge in [0, 0.05) is 22.6 Å². The maximum absolute atomic E-state index is 13.1. The van der Waals surface area contributed by atoms with Crippen molar-refractivity contribution in [3.8, 4) is 0 Å². The van der Waals surface area contributed by atoms with Crippen molar-refractivity contribution >= 4 is 21.8 Å². The Labute approximate surface area is 145 Å². The third-order valence-electron chi connectivity index (χ3n) is 4.40. The molecule has 0 unspecified atom stereocenters. The van der Waals surface area contributed by atoms with E-state index in [4.69, 9.17) is 4.52 Å². The molecule has 5 heteroatoms. The Morgan fingerprint density at radius 2 is 2.17 bits per heavy atom. The van der Waals surface area contributed by atoms with Crippen LogP contribution >= 0.6 is 15.9 Å². The molecule has 2 aromatic rings. The first-order valence-corrected chi connectivity index (χ1v) is 8.74. The molecule has 23 heavy (non-hydrogen) atoms. The van der Waals surface area contributed by atoms with E-state index in [2.05, 4.69) is 33.2 Å². The Bertz CT molecular complexity index is 702. The van der Waals surface area contributed by atoms with E-state index >= 15 is 0 Å². The second-order valence-corrected chi connectivity index (χ2v) is 7.20. The van der Waals surface area contributed by atoms with Crippen LogP contribution in [0.1, 0.15) is 48.3 Å². The normalized spacial score (nSPS) is 15.5. The third kappa shape index (κ3) is 3.50. The summed E-state index contributed by atoms with van der Waals surface area (Å²) in [6, 6.07) is 8.51. The quantitative estimate of drug-likeness (QED) is 0.778. The summed E-state index contributed by atoms with van der Waals surface area (Å²) in [5, 5.41) is 3.98. The summed E-state index contributed by atoms with van der Waals surface area (Å²) >= 11 is 3.50. The smallest absolute Gasteiger partial charge is 0.230 e. The lowest BCUT2D eigenvalue weighted by Gasteiger charge is -2.26. The highest BCUT2D eigenvalue weighted by Crippen LogP contribution is 2.33. The fourth-order valence-corrected chi connectivity index (χ4v) is 3.53. The number of carbonyl (C=O) groups is 1. The number of hydrogen-bond acceptors (Lipinski definition) is 3. The molecule has 1 aliphatic carbocycles. The lowest BCUT2D eigenvalue weighted by atomic mass is 9.97. The molecule has 122 valence electrons. The molecule has 1 saturated carbocycles. The SMILES string of the molecule is Cc1noc(C)c1[C@H](C)C(=O)N(Cc1cccc(Br)c1)C1CC1. The van der Waals surface area contributed by atoms with Crippen LogP contribution in [0.4, 0.5) is 0 Å². The van der Waals surface area contributed by atoms with Crippen LogP contribution in [0, 0.1) is 13.8 Å². The predicted octanol–water partition coefficient (Wildman–Crippen LogP) is 4.35. The van der Waals surface area contributed by atoms with Gasteiger partial charge in [0.25, 0.3) is 0 Å². The minimum atomic E-state index is -0.228. The standard InChI is InChI=1S/C18H21BrN2O2/c1-11(17-12(2)20-23-13(17)3)18(22)21(16-7-8-16)10-14-5-4-6-15(19)9-14/h4-6,9,11,16H,7-8,10H2,1-3H3/t11-/m0/s1. The minimum Gasteiger partial charge on any atom is -0.361 e. The van der Waals surface area contributed by atoms with Crippen LogP contribution in [0.15, 0.2) is 33.3 Å². The van der Waals surface area contributed by atoms with Crippen LogP contribution < -0.4 is 0 Å². The first-order valence-electron chi connectivity index (χ1n) is 7.95. The van der Waals surface area contributed by atoms with Crippen molar-refractivity contribution in [1.82, 2.24) is 10.1 Å². The van der Waals surface area contributed by atoms with Gasteiger partial charge in [0.1, 0.15) is 5.76 Å². The minimum absolute atomic E-state index is 0.155. The molecule has 0 aliphatic heterocycles. The molecule has 0 radical (unpaired) electrons. The fraction of sp³-hybridized carbons (Fsp3) is 0.444. The number of halogens is 1. The molecule has 4 nitrogen and oxygen atoms in total. The van der Waals surface area contributed by atoms with Gasteiger partial charge in [-0.1, -0.05) is 33.2 Å². The van der Waals surface area contributed by atoms with E-state index in [9.17, 15) is 4.79 Å². The van der Waals surface area contributed by atoms with Crippen LogP contribution in [-0.4, -0.2) is 22.0 Å². The summed E-state index contributed by atoms with van der Waals surface area (Å²) in [5.41, 5.74) is 2.88. The molecular formula is C18H21BrN2O2. The molecule has 1 fully saturated rings. The number of carbonyl (C=O) groups excluding carboxylic acids is 1. The van der Waals surface area contributed by atoms with E-state index < -0.39 is 0 Å². The highest BCUT2D eigenvalue weighted by atomic mass is 79.9. The molecule has 0 N–H and O–H groups in total. The van der Waals surface area contributed by atoms with Crippen molar-refractivity contribution in [2.75, 3.05) is 0 Å². The van der Waals surface area contributed by atoms with Crippen molar-refractivity contribution in [3.05, 3.63) is 51.3 Å². The monoisotopic (exact) mass is 376 g/mol. The molecular weight excluding hydrogens is 356 g/mol. The predicted molar refractivity (Wildman–Crippen MR) is 92.1 cm³/mol. The lowest BCUT2D eigenvalue weighted by molar-refractivity contribution is -0.133. The van der Waals surface area contributed by atoms with Crippen molar-refractivity contribution in [2.45, 2.75) is 52.1 Å². The highest BCUT2D eigenvalue weighted by Gasteiger charge is 2.36. The molecule has 0 bridgehead atoms. The Morgan fingerprint density at radius 1 is 1.43 bits per heavy atom. The van der Waals surface area contributed by atoms with Gasteiger partial charge in [0.15, 0.2) is 0 Å². The van der Waals surface area contributed by atoms with Gasteiger partial charge in [-0.05, 0) is 51.3 Å². The van der Waals surface area contributed by atoms with Crippen LogP contribution in [0.3, 0.4) is 0 Å². The molecule has 0 spiro atoms. The number of rotatable bonds is 5. The van der Waals surface area contributed by atoms with Crippen LogP contribution in [0.25, 0.3) is 0 Å². The maximum atomic E-state index is 13.1. The first-order chi connectivity index (χ1) is 11.0. The Hall–Kier alpha value is -1.62. The zero-order chi connectivity index (χ0) is 16.6. The van der Waals surface area contributed by atoms with Crippen molar-refractivity contribution in [3.63, 3.8) is 0 Å². The summed E-state index contributed by atoms with van der Waals surface area (Å²) in [6.07, 6.45) is 2.18. The summed E-state index contributed by atoms with van der Waals surface area (Å²) in [5.74, 6) is 0.664. The maximum Gasteiger partial charge on any atom is 0.230 e. The topological polar surface area (TPSA) is 46.3 Å². The van der Waals surface area contributed by atoms with Crippen LogP contribution in [0.5, 0.6) is 0 Å². The number of nitrogens with zero attached hydrogens (tertiary/aromatic N) is 2. The van der Waals surface area contributed by atoms with Gasteiger partial charge in [0.2, 0.25) is 5.91 Å². The van der Waals surface area contributed by atoms with E-state index in [1.165, 1.54) is 0 Å². The van der Waals surface area contributed by atoms with Gasteiger partial charge in [-0.2, -0.15) is 0 Å². The Balaban J connectivity index is 1.82. The fourth-order valence-electron chi connectivity index (χ4n) is 3.09. The summed E-state index contributed by atoms with van der Waals surface area (Å²) in [4.78, 5) is 15.1. The Morgan fingerprint density at radius 3 is 2.74 bits per heavy atom. The summed E-state index contributed by atoms with van der Waals surface area (Å²) in [7, 11) is 0. The summed E-state index contributed by atoms with van der Waals surface area (Å²) < 4.78 is 6.27. The van der Waals surface area contributed by atoms with Gasteiger partial charge in [-0.25, -0.2) is 0 Å². The molecule has 1 aromatic heterocycles. The zero-order valence-corrected chi connectivity index (χ0v) is 15.3. The van der Waals surface area contributed by atoms with Crippen molar-refractivity contribution < 1.29 is 9.32 Å². The largest absolute Gasteiger partial charge is 0.361 e. The number of aromatic nitrogens is 1. The van der Waals surface area contributed by atoms with E-state index in [1.807, 2.05) is 37.8 Å². The number of aryl methyl sites for hydroxylation is 2. The lowest BCUT2D eigenvalue weighted by Crippen LogP contribution is -2.36. The second kappa shape index (κ2) is 6.48. The van der Waals surface area contributed by atoms with Gasteiger partial charge >= 0.3 is 0 Å². The number of benzene rings is 1. The Kier molecular flexibility index (Phi) is 4.57. The molecule has 0 saturated heterocycles. The van der Waals surface area contributed by atoms with Crippen molar-refractivity contribution in [2.24, 2.45) is 0 Å². The molecule has 1 aromatic carbocycles. The van der Waals surface area contributed by atoms with E-state index in [0.717, 1.165) is 39.9 Å². The molecule has 1 atom stereocenters. The van der Waals surface area contributed by atoms with Crippen LogP contribution in [0.2, 0.25) is 0 Å². The second-order valence-electron chi connectivity index (χ2n) is 6.29. The van der Waals surface area contributed by atoms with Gasteiger partial charge in [-0.15, -0.1) is 0 Å². The van der Waals surface area contributed by atoms with E-state index in [0.29, 0.717) is 12.6 Å². The van der Waals surface area contributed by atoms with Gasteiger partial charge in [-0.3, -0.25) is 4.79 Å². The number of hydrogen-bond donors (Lipinski definition) is 0. The average Bonchev–Trinajstić information content (AvgIpc) is 3.29. The molecule has 1 heterocycles. The molecule has 3 rings (SSSR count).